The Kier molecular flexibility index (Phi) is 3.05. The molecule has 0 aliphatic carbocycles. The Labute approximate surface area is 99.5 Å². The molecule has 0 radical (unpaired) electrons. The molecular formula is C13H13N3O. The van der Waals surface area contributed by atoms with Gasteiger partial charge in [-0.25, -0.2) is 0 Å². The second-order valence-electron chi connectivity index (χ2n) is 3.78. The maximum Gasteiger partial charge on any atom is 0.255 e. The molecule has 0 aliphatic rings. The molecule has 1 aromatic heterocycles. The molecule has 0 fully saturated rings. The first-order valence-electron chi connectivity index (χ1n) is 5.24. The summed E-state index contributed by atoms with van der Waals surface area (Å²) in [6.07, 6.45) is 3.09. The topological polar surface area (TPSA) is 68.0 Å². The number of hydrogen-bond donors (Lipinski definition) is 2. The van der Waals surface area contributed by atoms with E-state index in [0.29, 0.717) is 16.9 Å². The van der Waals surface area contributed by atoms with Gasteiger partial charge in [0.15, 0.2) is 0 Å². The van der Waals surface area contributed by atoms with Crippen molar-refractivity contribution in [3.05, 3.63) is 53.9 Å². The molecule has 17 heavy (non-hydrogen) atoms. The number of carbonyl (C=O) groups is 1. The maximum atomic E-state index is 11.9. The van der Waals surface area contributed by atoms with Crippen molar-refractivity contribution in [1.82, 2.24) is 4.98 Å². The van der Waals surface area contributed by atoms with Gasteiger partial charge in [-0.1, -0.05) is 17.7 Å². The van der Waals surface area contributed by atoms with E-state index in [4.69, 9.17) is 5.73 Å². The third-order valence-corrected chi connectivity index (χ3v) is 2.41. The van der Waals surface area contributed by atoms with Crippen LogP contribution in [0.5, 0.6) is 0 Å². The number of amides is 1. The fourth-order valence-electron chi connectivity index (χ4n) is 1.42. The fourth-order valence-corrected chi connectivity index (χ4v) is 1.42. The zero-order valence-corrected chi connectivity index (χ0v) is 9.47. The SMILES string of the molecule is Cc1ccc(C(=O)Nc2ccncc2N)cc1. The van der Waals surface area contributed by atoms with Crippen LogP contribution in [0.3, 0.4) is 0 Å². The number of carbonyl (C=O) groups excluding carboxylic acids is 1. The van der Waals surface area contributed by atoms with Crippen LogP contribution in [-0.4, -0.2) is 10.9 Å². The third-order valence-electron chi connectivity index (χ3n) is 2.41. The first-order chi connectivity index (χ1) is 8.16. The molecular weight excluding hydrogens is 214 g/mol. The average molecular weight is 227 g/mol. The van der Waals surface area contributed by atoms with Crippen molar-refractivity contribution < 1.29 is 4.79 Å². The molecule has 2 aromatic rings. The van der Waals surface area contributed by atoms with Crippen molar-refractivity contribution in [3.8, 4) is 0 Å². The van der Waals surface area contributed by atoms with E-state index in [1.165, 1.54) is 6.20 Å². The van der Waals surface area contributed by atoms with Crippen LogP contribution in [0.2, 0.25) is 0 Å². The first kappa shape index (κ1) is 11.1. The molecule has 0 saturated carbocycles. The standard InChI is InChI=1S/C13H13N3O/c1-9-2-4-10(5-3-9)13(17)16-12-6-7-15-8-11(12)14/h2-8H,14H2,1H3,(H,15,16,17). The second-order valence-corrected chi connectivity index (χ2v) is 3.78. The lowest BCUT2D eigenvalue weighted by atomic mass is 10.1. The summed E-state index contributed by atoms with van der Waals surface area (Å²) in [4.78, 5) is 15.8. The first-order valence-corrected chi connectivity index (χ1v) is 5.24. The van der Waals surface area contributed by atoms with Gasteiger partial charge in [0.05, 0.1) is 17.6 Å². The maximum absolute atomic E-state index is 11.9. The number of aromatic nitrogens is 1. The summed E-state index contributed by atoms with van der Waals surface area (Å²) in [5, 5.41) is 2.74. The molecule has 2 rings (SSSR count). The minimum Gasteiger partial charge on any atom is -0.396 e. The van der Waals surface area contributed by atoms with E-state index in [0.717, 1.165) is 5.56 Å². The molecule has 1 amide bonds. The van der Waals surface area contributed by atoms with Gasteiger partial charge in [-0.15, -0.1) is 0 Å². The summed E-state index contributed by atoms with van der Waals surface area (Å²) in [7, 11) is 0. The molecule has 3 N–H and O–H groups in total. The van der Waals surface area contributed by atoms with Crippen LogP contribution in [0.1, 0.15) is 15.9 Å². The largest absolute Gasteiger partial charge is 0.396 e. The van der Waals surface area contributed by atoms with E-state index < -0.39 is 0 Å². The molecule has 1 heterocycles. The van der Waals surface area contributed by atoms with Gasteiger partial charge in [0.1, 0.15) is 0 Å². The summed E-state index contributed by atoms with van der Waals surface area (Å²) < 4.78 is 0. The lowest BCUT2D eigenvalue weighted by Crippen LogP contribution is -2.13. The number of benzene rings is 1. The van der Waals surface area contributed by atoms with Gasteiger partial charge in [-0.05, 0) is 25.1 Å². The van der Waals surface area contributed by atoms with Crippen molar-refractivity contribution in [2.24, 2.45) is 0 Å². The Morgan fingerprint density at radius 1 is 1.24 bits per heavy atom. The summed E-state index contributed by atoms with van der Waals surface area (Å²) in [6.45, 7) is 1.97. The average Bonchev–Trinajstić information content (AvgIpc) is 2.33. The van der Waals surface area contributed by atoms with Crippen molar-refractivity contribution in [1.29, 1.82) is 0 Å². The molecule has 0 aliphatic heterocycles. The predicted molar refractivity (Wildman–Crippen MR) is 67.8 cm³/mol. The molecule has 0 spiro atoms. The molecule has 4 heteroatoms. The van der Waals surface area contributed by atoms with E-state index >= 15 is 0 Å². The number of nitrogens with one attached hydrogen (secondary N) is 1. The zero-order chi connectivity index (χ0) is 12.3. The molecule has 1 aromatic carbocycles. The highest BCUT2D eigenvalue weighted by molar-refractivity contribution is 6.05. The summed E-state index contributed by atoms with van der Waals surface area (Å²) in [5.74, 6) is -0.178. The monoisotopic (exact) mass is 227 g/mol. The van der Waals surface area contributed by atoms with Crippen molar-refractivity contribution in [2.75, 3.05) is 11.1 Å². The van der Waals surface area contributed by atoms with Gasteiger partial charge in [-0.2, -0.15) is 0 Å². The number of anilines is 2. The van der Waals surface area contributed by atoms with Gasteiger partial charge in [0.2, 0.25) is 0 Å². The smallest absolute Gasteiger partial charge is 0.255 e. The second kappa shape index (κ2) is 4.65. The van der Waals surface area contributed by atoms with Crippen molar-refractivity contribution >= 4 is 17.3 Å². The predicted octanol–water partition coefficient (Wildman–Crippen LogP) is 2.22. The number of hydrogen-bond acceptors (Lipinski definition) is 3. The number of rotatable bonds is 2. The van der Waals surface area contributed by atoms with E-state index in [-0.39, 0.29) is 5.91 Å². The molecule has 0 bridgehead atoms. The van der Waals surface area contributed by atoms with Crippen LogP contribution in [0.4, 0.5) is 11.4 Å². The number of pyridine rings is 1. The van der Waals surface area contributed by atoms with Crippen molar-refractivity contribution in [2.45, 2.75) is 6.92 Å². The Hall–Kier alpha value is -2.36. The summed E-state index contributed by atoms with van der Waals surface area (Å²) in [6, 6.07) is 9.02. The van der Waals surface area contributed by atoms with Gasteiger partial charge in [0.25, 0.3) is 5.91 Å². The van der Waals surface area contributed by atoms with Gasteiger partial charge in [0, 0.05) is 11.8 Å². The van der Waals surface area contributed by atoms with Gasteiger partial charge < -0.3 is 11.1 Å². The summed E-state index contributed by atoms with van der Waals surface area (Å²) in [5.41, 5.74) is 8.44. The fraction of sp³-hybridized carbons (Fsp3) is 0.0769. The van der Waals surface area contributed by atoms with E-state index in [1.54, 1.807) is 24.4 Å². The number of nitrogens with zero attached hydrogens (tertiary/aromatic N) is 1. The highest BCUT2D eigenvalue weighted by Gasteiger charge is 2.07. The Balaban J connectivity index is 2.17. The zero-order valence-electron chi connectivity index (χ0n) is 9.47. The lowest BCUT2D eigenvalue weighted by molar-refractivity contribution is 0.102. The third kappa shape index (κ3) is 2.60. The minimum absolute atomic E-state index is 0.178. The number of nitrogens with two attached hydrogens (primary N) is 1. The molecule has 0 saturated heterocycles. The van der Waals surface area contributed by atoms with E-state index in [9.17, 15) is 4.79 Å². The molecule has 0 unspecified atom stereocenters. The Morgan fingerprint density at radius 3 is 2.59 bits per heavy atom. The quantitative estimate of drug-likeness (QED) is 0.826. The Morgan fingerprint density at radius 2 is 1.94 bits per heavy atom. The molecule has 4 nitrogen and oxygen atoms in total. The van der Waals surface area contributed by atoms with Crippen LogP contribution in [-0.2, 0) is 0 Å². The normalized spacial score (nSPS) is 9.94. The van der Waals surface area contributed by atoms with Crippen molar-refractivity contribution in [3.63, 3.8) is 0 Å². The number of nitrogen functional groups attached to an aromatic ring is 1. The van der Waals surface area contributed by atoms with Crippen LogP contribution in [0.15, 0.2) is 42.7 Å². The van der Waals surface area contributed by atoms with Crippen LogP contribution in [0, 0.1) is 6.92 Å². The van der Waals surface area contributed by atoms with Crippen LogP contribution >= 0.6 is 0 Å². The molecule has 86 valence electrons. The van der Waals surface area contributed by atoms with Gasteiger partial charge >= 0.3 is 0 Å². The minimum atomic E-state index is -0.178. The molecule has 0 atom stereocenters. The lowest BCUT2D eigenvalue weighted by Gasteiger charge is -2.07. The Bertz CT molecular complexity index is 535. The van der Waals surface area contributed by atoms with E-state index in [1.807, 2.05) is 19.1 Å². The number of aryl methyl sites for hydroxylation is 1. The van der Waals surface area contributed by atoms with Crippen LogP contribution in [0.25, 0.3) is 0 Å². The summed E-state index contributed by atoms with van der Waals surface area (Å²) >= 11 is 0. The highest BCUT2D eigenvalue weighted by atomic mass is 16.1. The van der Waals surface area contributed by atoms with Crippen LogP contribution < -0.4 is 11.1 Å². The van der Waals surface area contributed by atoms with Gasteiger partial charge in [-0.3, -0.25) is 9.78 Å². The van der Waals surface area contributed by atoms with E-state index in [2.05, 4.69) is 10.3 Å². The highest BCUT2D eigenvalue weighted by Crippen LogP contribution is 2.16.